The van der Waals surface area contributed by atoms with Crippen molar-refractivity contribution in [1.82, 2.24) is 30.4 Å². The number of aromatic nitrogens is 4. The maximum atomic E-state index is 6.02. The Labute approximate surface area is 128 Å². The summed E-state index contributed by atoms with van der Waals surface area (Å²) in [6.45, 7) is 3.16. The lowest BCUT2D eigenvalue weighted by Gasteiger charge is -2.33. The second-order valence-corrected chi connectivity index (χ2v) is 6.04. The zero-order valence-electron chi connectivity index (χ0n) is 11.6. The number of tetrazole rings is 1. The minimum absolute atomic E-state index is 0.296. The molecule has 110 valence electrons. The second kappa shape index (κ2) is 5.36. The fourth-order valence-electron chi connectivity index (χ4n) is 3.32. The normalized spacial score (nSPS) is 26.0. The molecule has 2 saturated heterocycles. The van der Waals surface area contributed by atoms with E-state index in [2.05, 4.69) is 25.6 Å². The molecule has 0 aliphatic carbocycles. The van der Waals surface area contributed by atoms with Gasteiger partial charge in [-0.15, -0.1) is 15.0 Å². The van der Waals surface area contributed by atoms with Gasteiger partial charge in [-0.25, -0.2) is 0 Å². The molecule has 4 rings (SSSR count). The van der Waals surface area contributed by atoms with Crippen LogP contribution in [0.5, 0.6) is 0 Å². The second-order valence-electron chi connectivity index (χ2n) is 5.61. The molecule has 1 aromatic carbocycles. The number of nitrogens with zero attached hydrogens (tertiary/aromatic N) is 5. The molecule has 2 aliphatic rings. The zero-order chi connectivity index (χ0) is 14.2. The lowest BCUT2D eigenvalue weighted by Crippen LogP contribution is -2.48. The molecule has 21 heavy (non-hydrogen) atoms. The van der Waals surface area contributed by atoms with E-state index >= 15 is 0 Å². The Morgan fingerprint density at radius 3 is 3.14 bits per heavy atom. The third-order valence-corrected chi connectivity index (χ3v) is 4.57. The SMILES string of the molecule is Clc1cccc(-n2nnc(C3CCC4CNCCN43)n2)c1. The van der Waals surface area contributed by atoms with Gasteiger partial charge in [-0.2, -0.15) is 0 Å². The number of hydrogen-bond acceptors (Lipinski definition) is 5. The third kappa shape index (κ3) is 2.43. The third-order valence-electron chi connectivity index (χ3n) is 4.34. The average molecular weight is 305 g/mol. The molecule has 0 radical (unpaired) electrons. The Balaban J connectivity index is 1.60. The molecule has 0 bridgehead atoms. The van der Waals surface area contributed by atoms with Crippen LogP contribution in [0.4, 0.5) is 0 Å². The molecule has 6 nitrogen and oxygen atoms in total. The molecule has 0 spiro atoms. The summed E-state index contributed by atoms with van der Waals surface area (Å²) in [5, 5.41) is 17.1. The number of hydrogen-bond donors (Lipinski definition) is 1. The summed E-state index contributed by atoms with van der Waals surface area (Å²) in [7, 11) is 0. The summed E-state index contributed by atoms with van der Waals surface area (Å²) >= 11 is 6.02. The van der Waals surface area contributed by atoms with Crippen LogP contribution in [0.1, 0.15) is 24.7 Å². The van der Waals surface area contributed by atoms with Crippen molar-refractivity contribution in [3.8, 4) is 5.69 Å². The first kappa shape index (κ1) is 13.2. The minimum Gasteiger partial charge on any atom is -0.314 e. The summed E-state index contributed by atoms with van der Waals surface area (Å²) in [5.41, 5.74) is 0.844. The van der Waals surface area contributed by atoms with Crippen LogP contribution in [-0.2, 0) is 0 Å². The van der Waals surface area contributed by atoms with E-state index in [0.717, 1.165) is 37.6 Å². The number of fused-ring (bicyclic) bond motifs is 1. The van der Waals surface area contributed by atoms with Gasteiger partial charge < -0.3 is 5.32 Å². The number of piperazine rings is 1. The average Bonchev–Trinajstić information content (AvgIpc) is 3.14. The summed E-state index contributed by atoms with van der Waals surface area (Å²) in [4.78, 5) is 4.08. The minimum atomic E-state index is 0.296. The maximum absolute atomic E-state index is 6.02. The first-order chi connectivity index (χ1) is 10.3. The molecular formula is C14H17ClN6. The maximum Gasteiger partial charge on any atom is 0.192 e. The smallest absolute Gasteiger partial charge is 0.192 e. The molecule has 2 fully saturated rings. The topological polar surface area (TPSA) is 58.9 Å². The summed E-state index contributed by atoms with van der Waals surface area (Å²) in [6, 6.07) is 8.41. The van der Waals surface area contributed by atoms with Gasteiger partial charge in [-0.05, 0) is 36.3 Å². The first-order valence-electron chi connectivity index (χ1n) is 7.33. The number of halogens is 1. The molecule has 1 aromatic heterocycles. The highest BCUT2D eigenvalue weighted by molar-refractivity contribution is 6.30. The lowest BCUT2D eigenvalue weighted by atomic mass is 10.2. The van der Waals surface area contributed by atoms with Gasteiger partial charge in [0.1, 0.15) is 0 Å². The highest BCUT2D eigenvalue weighted by atomic mass is 35.5. The molecule has 2 aromatic rings. The van der Waals surface area contributed by atoms with Gasteiger partial charge in [-0.1, -0.05) is 17.7 Å². The van der Waals surface area contributed by atoms with Gasteiger partial charge in [0.15, 0.2) is 5.82 Å². The Kier molecular flexibility index (Phi) is 3.37. The van der Waals surface area contributed by atoms with E-state index in [1.807, 2.05) is 24.3 Å². The molecule has 0 amide bonds. The summed E-state index contributed by atoms with van der Waals surface area (Å²) in [6.07, 6.45) is 2.30. The predicted molar refractivity (Wildman–Crippen MR) is 79.5 cm³/mol. The van der Waals surface area contributed by atoms with Crippen LogP contribution in [0.3, 0.4) is 0 Å². The van der Waals surface area contributed by atoms with Crippen LogP contribution in [0, 0.1) is 0 Å². The quantitative estimate of drug-likeness (QED) is 0.909. The standard InChI is InChI=1S/C14H17ClN6/c15-10-2-1-3-11(8-10)21-18-14(17-19-21)13-5-4-12-9-16-6-7-20(12)13/h1-3,8,12-13,16H,4-7,9H2. The molecule has 2 atom stereocenters. The van der Waals surface area contributed by atoms with Crippen LogP contribution in [0.25, 0.3) is 5.69 Å². The lowest BCUT2D eigenvalue weighted by molar-refractivity contribution is 0.157. The van der Waals surface area contributed by atoms with Crippen molar-refractivity contribution in [2.24, 2.45) is 0 Å². The van der Waals surface area contributed by atoms with Crippen molar-refractivity contribution in [2.45, 2.75) is 24.9 Å². The van der Waals surface area contributed by atoms with Gasteiger partial charge in [-0.3, -0.25) is 4.90 Å². The molecule has 1 N–H and O–H groups in total. The van der Waals surface area contributed by atoms with Crippen molar-refractivity contribution in [3.63, 3.8) is 0 Å². The zero-order valence-corrected chi connectivity index (χ0v) is 12.4. The van der Waals surface area contributed by atoms with E-state index in [1.165, 1.54) is 6.42 Å². The van der Waals surface area contributed by atoms with Crippen molar-refractivity contribution in [1.29, 1.82) is 0 Å². The molecule has 7 heteroatoms. The Morgan fingerprint density at radius 1 is 1.29 bits per heavy atom. The summed E-state index contributed by atoms with van der Waals surface area (Å²) < 4.78 is 0. The van der Waals surface area contributed by atoms with E-state index in [1.54, 1.807) is 4.80 Å². The monoisotopic (exact) mass is 304 g/mol. The highest BCUT2D eigenvalue weighted by Gasteiger charge is 2.37. The largest absolute Gasteiger partial charge is 0.314 e. The highest BCUT2D eigenvalue weighted by Crippen LogP contribution is 2.34. The Morgan fingerprint density at radius 2 is 2.24 bits per heavy atom. The molecule has 2 unspecified atom stereocenters. The fourth-order valence-corrected chi connectivity index (χ4v) is 3.50. The first-order valence-corrected chi connectivity index (χ1v) is 7.71. The number of nitrogens with one attached hydrogen (secondary N) is 1. The van der Waals surface area contributed by atoms with E-state index < -0.39 is 0 Å². The van der Waals surface area contributed by atoms with Crippen LogP contribution in [-0.4, -0.2) is 50.8 Å². The Bertz CT molecular complexity index is 642. The van der Waals surface area contributed by atoms with Crippen molar-refractivity contribution >= 4 is 11.6 Å². The van der Waals surface area contributed by atoms with E-state index in [4.69, 9.17) is 11.6 Å². The van der Waals surface area contributed by atoms with Gasteiger partial charge in [0.25, 0.3) is 0 Å². The predicted octanol–water partition coefficient (Wildman–Crippen LogP) is 1.42. The van der Waals surface area contributed by atoms with Crippen LogP contribution in [0.2, 0.25) is 5.02 Å². The summed E-state index contributed by atoms with van der Waals surface area (Å²) in [5.74, 6) is 0.819. The van der Waals surface area contributed by atoms with Crippen molar-refractivity contribution in [3.05, 3.63) is 35.1 Å². The Hall–Kier alpha value is -1.50. The van der Waals surface area contributed by atoms with E-state index in [9.17, 15) is 0 Å². The van der Waals surface area contributed by atoms with Crippen molar-refractivity contribution in [2.75, 3.05) is 19.6 Å². The van der Waals surface area contributed by atoms with Crippen LogP contribution in [0.15, 0.2) is 24.3 Å². The van der Waals surface area contributed by atoms with Crippen LogP contribution >= 0.6 is 11.6 Å². The fraction of sp³-hybridized carbons (Fsp3) is 0.500. The van der Waals surface area contributed by atoms with Gasteiger partial charge in [0.05, 0.1) is 11.7 Å². The number of benzene rings is 1. The molecule has 2 aliphatic heterocycles. The van der Waals surface area contributed by atoms with Gasteiger partial charge >= 0.3 is 0 Å². The van der Waals surface area contributed by atoms with E-state index in [0.29, 0.717) is 17.1 Å². The van der Waals surface area contributed by atoms with Crippen molar-refractivity contribution < 1.29 is 0 Å². The van der Waals surface area contributed by atoms with Gasteiger partial charge in [0, 0.05) is 30.7 Å². The molecular weight excluding hydrogens is 288 g/mol. The molecule has 3 heterocycles. The van der Waals surface area contributed by atoms with Crippen LogP contribution < -0.4 is 5.32 Å². The molecule has 0 saturated carbocycles. The van der Waals surface area contributed by atoms with Gasteiger partial charge in [0.2, 0.25) is 0 Å². The van der Waals surface area contributed by atoms with E-state index in [-0.39, 0.29) is 0 Å². The number of rotatable bonds is 2.